The third-order valence-corrected chi connectivity index (χ3v) is 6.41. The van der Waals surface area contributed by atoms with Crippen molar-refractivity contribution in [2.24, 2.45) is 5.92 Å². The van der Waals surface area contributed by atoms with Crippen LogP contribution in [0.15, 0.2) is 17.0 Å². The van der Waals surface area contributed by atoms with E-state index in [0.29, 0.717) is 29.6 Å². The van der Waals surface area contributed by atoms with Gasteiger partial charge in [0.05, 0.1) is 21.7 Å². The first kappa shape index (κ1) is 16.5. The number of rotatable bonds is 3. The minimum Gasteiger partial charge on any atom is -0.397 e. The van der Waals surface area contributed by atoms with Crippen LogP contribution in [-0.4, -0.2) is 39.0 Å². The molecule has 0 aliphatic carbocycles. The summed E-state index contributed by atoms with van der Waals surface area (Å²) in [6.45, 7) is 4.67. The topological polar surface area (TPSA) is 72.6 Å². The largest absolute Gasteiger partial charge is 0.397 e. The summed E-state index contributed by atoms with van der Waals surface area (Å²) >= 11 is 6.00. The summed E-state index contributed by atoms with van der Waals surface area (Å²) in [6, 6.07) is 2.98. The number of anilines is 1. The highest BCUT2D eigenvalue weighted by atomic mass is 35.5. The van der Waals surface area contributed by atoms with E-state index in [1.807, 2.05) is 0 Å². The molecular formula is C14H21ClN2O3S. The van der Waals surface area contributed by atoms with Gasteiger partial charge >= 0.3 is 0 Å². The van der Waals surface area contributed by atoms with Crippen molar-refractivity contribution in [3.63, 3.8) is 0 Å². The van der Waals surface area contributed by atoms with Crippen LogP contribution in [0.4, 0.5) is 5.69 Å². The maximum atomic E-state index is 12.7. The van der Waals surface area contributed by atoms with Crippen LogP contribution in [0.25, 0.3) is 0 Å². The smallest absolute Gasteiger partial charge is 0.243 e. The van der Waals surface area contributed by atoms with Crippen LogP contribution >= 0.6 is 11.6 Å². The number of sulfonamides is 1. The van der Waals surface area contributed by atoms with Gasteiger partial charge in [0.15, 0.2) is 0 Å². The van der Waals surface area contributed by atoms with Gasteiger partial charge in [-0.15, -0.1) is 0 Å². The molecule has 2 N–H and O–H groups in total. The Morgan fingerprint density at radius 1 is 1.43 bits per heavy atom. The minimum atomic E-state index is -3.58. The fourth-order valence-electron chi connectivity index (χ4n) is 2.59. The van der Waals surface area contributed by atoms with Gasteiger partial charge in [0.1, 0.15) is 0 Å². The molecule has 1 aromatic rings. The molecule has 2 unspecified atom stereocenters. The second-order valence-electron chi connectivity index (χ2n) is 5.55. The molecule has 2 atom stereocenters. The summed E-state index contributed by atoms with van der Waals surface area (Å²) in [5, 5.41) is 0.399. The van der Waals surface area contributed by atoms with E-state index in [9.17, 15) is 8.42 Å². The molecule has 0 amide bonds. The standard InChI is InChI=1S/C14H21ClN2O3S/c1-9-4-5-17(8-13(9)20-3)21(18,19)11-6-10(2)14(15)12(16)7-11/h6-7,9,13H,4-5,8,16H2,1-3H3. The van der Waals surface area contributed by atoms with E-state index in [2.05, 4.69) is 6.92 Å². The molecule has 2 rings (SSSR count). The van der Waals surface area contributed by atoms with Gasteiger partial charge in [0.2, 0.25) is 10.0 Å². The number of nitrogens with zero attached hydrogens (tertiary/aromatic N) is 1. The number of nitrogen functional groups attached to an aromatic ring is 1. The Morgan fingerprint density at radius 2 is 2.10 bits per heavy atom. The van der Waals surface area contributed by atoms with Crippen molar-refractivity contribution in [3.05, 3.63) is 22.7 Å². The number of ether oxygens (including phenoxy) is 1. The number of piperidine rings is 1. The van der Waals surface area contributed by atoms with Crippen molar-refractivity contribution >= 4 is 27.3 Å². The number of nitrogens with two attached hydrogens (primary N) is 1. The lowest BCUT2D eigenvalue weighted by Crippen LogP contribution is -2.46. The molecule has 118 valence electrons. The highest BCUT2D eigenvalue weighted by Crippen LogP contribution is 2.30. The Kier molecular flexibility index (Phi) is 4.82. The maximum absolute atomic E-state index is 12.7. The number of hydrogen-bond acceptors (Lipinski definition) is 4. The van der Waals surface area contributed by atoms with E-state index in [0.717, 1.165) is 6.42 Å². The molecule has 0 spiro atoms. The maximum Gasteiger partial charge on any atom is 0.243 e. The summed E-state index contributed by atoms with van der Waals surface area (Å²) in [6.07, 6.45) is 0.694. The summed E-state index contributed by atoms with van der Waals surface area (Å²) in [7, 11) is -1.96. The molecule has 1 fully saturated rings. The second-order valence-corrected chi connectivity index (χ2v) is 7.86. The molecule has 1 aliphatic rings. The van der Waals surface area contributed by atoms with Crippen LogP contribution < -0.4 is 5.73 Å². The number of halogens is 1. The average molecular weight is 333 g/mol. The highest BCUT2D eigenvalue weighted by Gasteiger charge is 2.34. The molecule has 1 saturated heterocycles. The van der Waals surface area contributed by atoms with Gasteiger partial charge in [-0.3, -0.25) is 0 Å². The number of hydrogen-bond donors (Lipinski definition) is 1. The number of aryl methyl sites for hydroxylation is 1. The molecule has 7 heteroatoms. The first-order valence-electron chi connectivity index (χ1n) is 6.86. The van der Waals surface area contributed by atoms with Crippen LogP contribution in [0.5, 0.6) is 0 Å². The zero-order valence-corrected chi connectivity index (χ0v) is 14.0. The third kappa shape index (κ3) is 3.18. The van der Waals surface area contributed by atoms with Gasteiger partial charge < -0.3 is 10.5 Å². The van der Waals surface area contributed by atoms with E-state index in [4.69, 9.17) is 22.1 Å². The highest BCUT2D eigenvalue weighted by molar-refractivity contribution is 7.89. The summed E-state index contributed by atoms with van der Waals surface area (Å²) in [4.78, 5) is 0.186. The lowest BCUT2D eigenvalue weighted by Gasteiger charge is -2.35. The van der Waals surface area contributed by atoms with Gasteiger partial charge in [0, 0.05) is 20.2 Å². The Bertz CT molecular complexity index is 610. The lowest BCUT2D eigenvalue weighted by molar-refractivity contribution is 0.0184. The third-order valence-electron chi connectivity index (χ3n) is 4.05. The molecule has 1 heterocycles. The number of benzene rings is 1. The molecule has 0 radical (unpaired) electrons. The second kappa shape index (κ2) is 6.12. The van der Waals surface area contributed by atoms with Crippen molar-refractivity contribution in [3.8, 4) is 0 Å². The van der Waals surface area contributed by atoms with Crippen molar-refractivity contribution < 1.29 is 13.2 Å². The van der Waals surface area contributed by atoms with Crippen LogP contribution in [0.2, 0.25) is 5.02 Å². The average Bonchev–Trinajstić information content (AvgIpc) is 2.44. The van der Waals surface area contributed by atoms with Crippen LogP contribution in [-0.2, 0) is 14.8 Å². The predicted octanol–water partition coefficient (Wildman–Crippen LogP) is 2.28. The van der Waals surface area contributed by atoms with Gasteiger partial charge in [-0.05, 0) is 37.0 Å². The molecule has 5 nitrogen and oxygen atoms in total. The predicted molar refractivity (Wildman–Crippen MR) is 83.9 cm³/mol. The number of methoxy groups -OCH3 is 1. The van der Waals surface area contributed by atoms with E-state index >= 15 is 0 Å². The van der Waals surface area contributed by atoms with Gasteiger partial charge in [-0.2, -0.15) is 4.31 Å². The molecule has 0 bridgehead atoms. The first-order chi connectivity index (χ1) is 9.77. The van der Waals surface area contributed by atoms with Gasteiger partial charge in [-0.25, -0.2) is 8.42 Å². The van der Waals surface area contributed by atoms with E-state index in [1.54, 1.807) is 20.1 Å². The molecule has 1 aromatic carbocycles. The Labute approximate surface area is 131 Å². The zero-order valence-electron chi connectivity index (χ0n) is 12.5. The van der Waals surface area contributed by atoms with Gasteiger partial charge in [-0.1, -0.05) is 18.5 Å². The molecular weight excluding hydrogens is 312 g/mol. The molecule has 1 aliphatic heterocycles. The van der Waals surface area contributed by atoms with Crippen molar-refractivity contribution in [1.29, 1.82) is 0 Å². The van der Waals surface area contributed by atoms with Crippen molar-refractivity contribution in [2.45, 2.75) is 31.3 Å². The summed E-state index contributed by atoms with van der Waals surface area (Å²) in [5.41, 5.74) is 6.72. The first-order valence-corrected chi connectivity index (χ1v) is 8.67. The summed E-state index contributed by atoms with van der Waals surface area (Å²) < 4.78 is 32.3. The fraction of sp³-hybridized carbons (Fsp3) is 0.571. The van der Waals surface area contributed by atoms with Crippen molar-refractivity contribution in [1.82, 2.24) is 4.31 Å². The normalized spacial score (nSPS) is 24.2. The van der Waals surface area contributed by atoms with E-state index < -0.39 is 10.0 Å². The Hall–Kier alpha value is -0.820. The lowest BCUT2D eigenvalue weighted by atomic mass is 9.97. The van der Waals surface area contributed by atoms with Crippen LogP contribution in [0.3, 0.4) is 0 Å². The van der Waals surface area contributed by atoms with Crippen LogP contribution in [0.1, 0.15) is 18.9 Å². The molecule has 0 aromatic heterocycles. The molecule has 21 heavy (non-hydrogen) atoms. The Balaban J connectivity index is 2.34. The zero-order chi connectivity index (χ0) is 15.8. The fourth-order valence-corrected chi connectivity index (χ4v) is 4.29. The van der Waals surface area contributed by atoms with Gasteiger partial charge in [0.25, 0.3) is 0 Å². The quantitative estimate of drug-likeness (QED) is 0.862. The van der Waals surface area contributed by atoms with Crippen molar-refractivity contribution in [2.75, 3.05) is 25.9 Å². The monoisotopic (exact) mass is 332 g/mol. The minimum absolute atomic E-state index is 0.0840. The van der Waals surface area contributed by atoms with Crippen LogP contribution in [0, 0.1) is 12.8 Å². The Morgan fingerprint density at radius 3 is 2.67 bits per heavy atom. The summed E-state index contributed by atoms with van der Waals surface area (Å²) in [5.74, 6) is 0.346. The molecule has 0 saturated carbocycles. The SMILES string of the molecule is COC1CN(S(=O)(=O)c2cc(C)c(Cl)c(N)c2)CCC1C. The van der Waals surface area contributed by atoms with E-state index in [-0.39, 0.29) is 16.7 Å². The van der Waals surface area contributed by atoms with E-state index in [1.165, 1.54) is 10.4 Å².